The molecular formula is C9H12N2O2S. The number of allylic oxidation sites excluding steroid dienone is 1. The van der Waals surface area contributed by atoms with E-state index >= 15 is 0 Å². The molecule has 1 aromatic rings. The molecule has 1 unspecified atom stereocenters. The second kappa shape index (κ2) is 4.06. The van der Waals surface area contributed by atoms with Gasteiger partial charge in [-0.1, -0.05) is 4.49 Å². The van der Waals surface area contributed by atoms with Crippen LogP contribution in [0.5, 0.6) is 0 Å². The minimum atomic E-state index is -0.685. The molecule has 0 aromatic carbocycles. The highest BCUT2D eigenvalue weighted by Crippen LogP contribution is 2.29. The van der Waals surface area contributed by atoms with Crippen LogP contribution in [0.25, 0.3) is 0 Å². The Hall–Kier alpha value is -0.940. The maximum absolute atomic E-state index is 9.95. The molecule has 1 atom stereocenters. The first-order chi connectivity index (χ1) is 6.79. The molecule has 0 spiro atoms. The van der Waals surface area contributed by atoms with Gasteiger partial charge >= 0.3 is 0 Å². The fourth-order valence-corrected chi connectivity index (χ4v) is 2.03. The number of aryl methyl sites for hydroxylation is 1. The summed E-state index contributed by atoms with van der Waals surface area (Å²) in [5.41, 5.74) is 0.776. The second-order valence-corrected chi connectivity index (χ2v) is 4.01. The number of hydrogen-bond donors (Lipinski definition) is 1. The maximum Gasteiger partial charge on any atom is 0.148 e. The summed E-state index contributed by atoms with van der Waals surface area (Å²) in [4.78, 5) is 0.776. The van der Waals surface area contributed by atoms with E-state index in [1.807, 2.05) is 13.0 Å². The summed E-state index contributed by atoms with van der Waals surface area (Å²) in [7, 11) is 0. The number of hydrogen-bond acceptors (Lipinski definition) is 5. The monoisotopic (exact) mass is 212 g/mol. The maximum atomic E-state index is 9.95. The molecule has 4 nitrogen and oxygen atoms in total. The fourth-order valence-electron chi connectivity index (χ4n) is 1.39. The van der Waals surface area contributed by atoms with Gasteiger partial charge in [0.1, 0.15) is 11.9 Å². The molecule has 1 aliphatic heterocycles. The number of aliphatic hydroxyl groups is 1. The molecule has 0 aliphatic carbocycles. The summed E-state index contributed by atoms with van der Waals surface area (Å²) in [6, 6.07) is 0. The highest BCUT2D eigenvalue weighted by atomic mass is 32.1. The van der Waals surface area contributed by atoms with Crippen molar-refractivity contribution in [3.63, 3.8) is 0 Å². The summed E-state index contributed by atoms with van der Waals surface area (Å²) in [6.45, 7) is 2.53. The van der Waals surface area contributed by atoms with Crippen molar-refractivity contribution < 1.29 is 9.84 Å². The van der Waals surface area contributed by atoms with Crippen LogP contribution in [0.1, 0.15) is 29.5 Å². The number of aliphatic hydroxyl groups excluding tert-OH is 1. The Morgan fingerprint density at radius 1 is 1.64 bits per heavy atom. The van der Waals surface area contributed by atoms with Gasteiger partial charge in [-0.2, -0.15) is 0 Å². The average Bonchev–Trinajstić information content (AvgIpc) is 2.65. The standard InChI is InChI=1S/C9H12N2O2S/c1-6-9(14-11-10-6)8(12)7-4-2-3-5-13-7/h4,8,12H,2-3,5H2,1H3. The van der Waals surface area contributed by atoms with Gasteiger partial charge in [0.25, 0.3) is 0 Å². The lowest BCUT2D eigenvalue weighted by molar-refractivity contribution is 0.0932. The average molecular weight is 212 g/mol. The first-order valence-corrected chi connectivity index (χ1v) is 5.36. The van der Waals surface area contributed by atoms with Gasteiger partial charge in [0.05, 0.1) is 17.2 Å². The van der Waals surface area contributed by atoms with E-state index in [1.165, 1.54) is 11.5 Å². The molecule has 1 aromatic heterocycles. The fraction of sp³-hybridized carbons (Fsp3) is 0.556. The normalized spacial score (nSPS) is 18.6. The summed E-state index contributed by atoms with van der Waals surface area (Å²) in [5, 5.41) is 13.8. The SMILES string of the molecule is Cc1nnsc1C(O)C1=CCCCO1. The van der Waals surface area contributed by atoms with E-state index in [9.17, 15) is 5.11 Å². The first kappa shape index (κ1) is 9.61. The topological polar surface area (TPSA) is 55.2 Å². The van der Waals surface area contributed by atoms with Crippen LogP contribution >= 0.6 is 11.5 Å². The summed E-state index contributed by atoms with van der Waals surface area (Å²) in [5.74, 6) is 0.644. The molecule has 14 heavy (non-hydrogen) atoms. The molecule has 0 fully saturated rings. The van der Waals surface area contributed by atoms with Crippen LogP contribution in [0.2, 0.25) is 0 Å². The van der Waals surface area contributed by atoms with Gasteiger partial charge in [0.15, 0.2) is 0 Å². The predicted octanol–water partition coefficient (Wildman–Crippen LogP) is 1.57. The molecule has 0 saturated heterocycles. The van der Waals surface area contributed by atoms with Gasteiger partial charge < -0.3 is 9.84 Å². The molecular weight excluding hydrogens is 200 g/mol. The molecule has 2 heterocycles. The summed E-state index contributed by atoms with van der Waals surface area (Å²) >= 11 is 1.22. The molecule has 1 aliphatic rings. The molecule has 0 amide bonds. The predicted molar refractivity (Wildman–Crippen MR) is 52.9 cm³/mol. The van der Waals surface area contributed by atoms with Crippen molar-refractivity contribution in [2.45, 2.75) is 25.9 Å². The zero-order chi connectivity index (χ0) is 9.97. The molecule has 1 N–H and O–H groups in total. The van der Waals surface area contributed by atoms with E-state index in [-0.39, 0.29) is 0 Å². The van der Waals surface area contributed by atoms with Crippen molar-refractivity contribution in [2.24, 2.45) is 0 Å². The summed E-state index contributed by atoms with van der Waals surface area (Å²) in [6.07, 6.45) is 3.25. The van der Waals surface area contributed by atoms with Crippen LogP contribution in [-0.2, 0) is 4.74 Å². The third kappa shape index (κ3) is 1.78. The Kier molecular flexibility index (Phi) is 2.79. The van der Waals surface area contributed by atoms with Crippen LogP contribution in [0.4, 0.5) is 0 Å². The molecule has 5 heteroatoms. The highest BCUT2D eigenvalue weighted by molar-refractivity contribution is 7.05. The van der Waals surface area contributed by atoms with Crippen molar-refractivity contribution in [2.75, 3.05) is 6.61 Å². The van der Waals surface area contributed by atoms with Gasteiger partial charge in [0, 0.05) is 0 Å². The smallest absolute Gasteiger partial charge is 0.148 e. The van der Waals surface area contributed by atoms with Crippen molar-refractivity contribution in [3.8, 4) is 0 Å². The van der Waals surface area contributed by atoms with Gasteiger partial charge in [-0.3, -0.25) is 0 Å². The van der Waals surface area contributed by atoms with Crippen molar-refractivity contribution in [1.29, 1.82) is 0 Å². The molecule has 0 bridgehead atoms. The van der Waals surface area contributed by atoms with Gasteiger partial charge in [0.2, 0.25) is 0 Å². The van der Waals surface area contributed by atoms with Crippen LogP contribution in [0.3, 0.4) is 0 Å². The summed E-state index contributed by atoms with van der Waals surface area (Å²) < 4.78 is 9.17. The number of aromatic nitrogens is 2. The minimum absolute atomic E-state index is 0.644. The van der Waals surface area contributed by atoms with E-state index < -0.39 is 6.10 Å². The lowest BCUT2D eigenvalue weighted by Gasteiger charge is -2.18. The van der Waals surface area contributed by atoms with Gasteiger partial charge in [-0.25, -0.2) is 0 Å². The molecule has 0 saturated carbocycles. The van der Waals surface area contributed by atoms with Gasteiger partial charge in [-0.15, -0.1) is 5.10 Å². The Bertz CT molecular complexity index is 348. The third-order valence-electron chi connectivity index (χ3n) is 2.17. The van der Waals surface area contributed by atoms with Gasteiger partial charge in [-0.05, 0) is 37.4 Å². The Balaban J connectivity index is 2.19. The zero-order valence-electron chi connectivity index (χ0n) is 7.93. The Morgan fingerprint density at radius 2 is 2.50 bits per heavy atom. The lowest BCUT2D eigenvalue weighted by atomic mass is 10.1. The number of rotatable bonds is 2. The van der Waals surface area contributed by atoms with Crippen molar-refractivity contribution in [3.05, 3.63) is 22.4 Å². The quantitative estimate of drug-likeness (QED) is 0.808. The van der Waals surface area contributed by atoms with E-state index in [2.05, 4.69) is 9.59 Å². The van der Waals surface area contributed by atoms with Crippen molar-refractivity contribution in [1.82, 2.24) is 9.59 Å². The Morgan fingerprint density at radius 3 is 3.07 bits per heavy atom. The van der Waals surface area contributed by atoms with Crippen molar-refractivity contribution >= 4 is 11.5 Å². The van der Waals surface area contributed by atoms with Crippen LogP contribution in [0.15, 0.2) is 11.8 Å². The van der Waals surface area contributed by atoms with E-state index in [0.29, 0.717) is 12.4 Å². The van der Waals surface area contributed by atoms with Crippen LogP contribution in [-0.4, -0.2) is 21.3 Å². The third-order valence-corrected chi connectivity index (χ3v) is 3.05. The van der Waals surface area contributed by atoms with E-state index in [0.717, 1.165) is 23.4 Å². The zero-order valence-corrected chi connectivity index (χ0v) is 8.75. The van der Waals surface area contributed by atoms with Crippen LogP contribution < -0.4 is 0 Å². The first-order valence-electron chi connectivity index (χ1n) is 4.59. The number of ether oxygens (including phenoxy) is 1. The van der Waals surface area contributed by atoms with E-state index in [1.54, 1.807) is 0 Å². The minimum Gasteiger partial charge on any atom is -0.495 e. The largest absolute Gasteiger partial charge is 0.495 e. The highest BCUT2D eigenvalue weighted by Gasteiger charge is 2.21. The Labute approximate surface area is 86.4 Å². The van der Waals surface area contributed by atoms with Crippen LogP contribution in [0, 0.1) is 6.92 Å². The number of nitrogens with zero attached hydrogens (tertiary/aromatic N) is 2. The lowest BCUT2D eigenvalue weighted by Crippen LogP contribution is -2.09. The van der Waals surface area contributed by atoms with E-state index in [4.69, 9.17) is 4.74 Å². The molecule has 0 radical (unpaired) electrons. The second-order valence-electron chi connectivity index (χ2n) is 3.22. The molecule has 2 rings (SSSR count). The molecule has 76 valence electrons.